The number of amides is 1. The summed E-state index contributed by atoms with van der Waals surface area (Å²) in [5.41, 5.74) is 1.65. The molecule has 1 amide bonds. The van der Waals surface area contributed by atoms with Gasteiger partial charge in [-0.05, 0) is 68.0 Å². The second kappa shape index (κ2) is 8.25. The predicted octanol–water partition coefficient (Wildman–Crippen LogP) is 2.82. The Kier molecular flexibility index (Phi) is 5.71. The van der Waals surface area contributed by atoms with Crippen molar-refractivity contribution in [2.75, 3.05) is 25.0 Å². The summed E-state index contributed by atoms with van der Waals surface area (Å²) in [6.45, 7) is 0.689. The predicted molar refractivity (Wildman–Crippen MR) is 110 cm³/mol. The van der Waals surface area contributed by atoms with Crippen LogP contribution in [-0.2, 0) is 32.4 Å². The van der Waals surface area contributed by atoms with E-state index in [-0.39, 0.29) is 4.90 Å². The molecule has 0 atom stereocenters. The minimum absolute atomic E-state index is 0.203. The summed E-state index contributed by atoms with van der Waals surface area (Å²) < 4.78 is 31.6. The van der Waals surface area contributed by atoms with Gasteiger partial charge in [0.15, 0.2) is 6.61 Å². The van der Waals surface area contributed by atoms with Gasteiger partial charge in [-0.15, -0.1) is 11.3 Å². The summed E-state index contributed by atoms with van der Waals surface area (Å²) in [4.78, 5) is 26.1. The van der Waals surface area contributed by atoms with E-state index in [9.17, 15) is 18.0 Å². The molecule has 1 aromatic carbocycles. The second-order valence-electron chi connectivity index (χ2n) is 7.17. The van der Waals surface area contributed by atoms with Crippen LogP contribution in [0.2, 0.25) is 0 Å². The van der Waals surface area contributed by atoms with Crippen molar-refractivity contribution < 1.29 is 22.7 Å². The quantitative estimate of drug-likeness (QED) is 0.706. The summed E-state index contributed by atoms with van der Waals surface area (Å²) >= 11 is 1.43. The van der Waals surface area contributed by atoms with Crippen LogP contribution in [-0.4, -0.2) is 44.3 Å². The molecule has 1 aliphatic carbocycles. The van der Waals surface area contributed by atoms with Crippen LogP contribution in [0.3, 0.4) is 0 Å². The molecule has 0 saturated carbocycles. The zero-order valence-corrected chi connectivity index (χ0v) is 17.5. The van der Waals surface area contributed by atoms with Crippen LogP contribution >= 0.6 is 11.3 Å². The maximum Gasteiger partial charge on any atom is 0.348 e. The monoisotopic (exact) mass is 434 g/mol. The number of hydrogen-bond acceptors (Lipinski definition) is 6. The standard InChI is InChI=1S/C20H22N2O5S2/c23-19(13-27-20(24)18-12-14-4-3-5-17(14)28-18)21-15-6-8-16(9-7-15)29(25,26)22-10-1-2-11-22/h6-9,12H,1-5,10-11,13H2,(H,21,23). The number of nitrogens with one attached hydrogen (secondary N) is 1. The highest BCUT2D eigenvalue weighted by atomic mass is 32.2. The Hall–Kier alpha value is -2.23. The lowest BCUT2D eigenvalue weighted by atomic mass is 10.2. The molecular formula is C20H22N2O5S2. The van der Waals surface area contributed by atoms with E-state index in [1.54, 1.807) is 0 Å². The van der Waals surface area contributed by atoms with Gasteiger partial charge < -0.3 is 10.1 Å². The highest BCUT2D eigenvalue weighted by molar-refractivity contribution is 7.89. The fourth-order valence-electron chi connectivity index (χ4n) is 3.62. The van der Waals surface area contributed by atoms with Crippen LogP contribution in [0.5, 0.6) is 0 Å². The van der Waals surface area contributed by atoms with Gasteiger partial charge in [-0.2, -0.15) is 4.31 Å². The van der Waals surface area contributed by atoms with Crippen molar-refractivity contribution in [2.24, 2.45) is 0 Å². The van der Waals surface area contributed by atoms with Crippen LogP contribution in [0, 0.1) is 0 Å². The number of carbonyl (C=O) groups is 2. The van der Waals surface area contributed by atoms with E-state index in [0.29, 0.717) is 23.7 Å². The first kappa shape index (κ1) is 20.1. The first-order valence-electron chi connectivity index (χ1n) is 9.62. The number of fused-ring (bicyclic) bond motifs is 1. The Morgan fingerprint density at radius 1 is 1.07 bits per heavy atom. The van der Waals surface area contributed by atoms with Crippen molar-refractivity contribution in [3.8, 4) is 0 Å². The largest absolute Gasteiger partial charge is 0.451 e. The first-order valence-corrected chi connectivity index (χ1v) is 11.9. The molecule has 1 N–H and O–H groups in total. The zero-order chi connectivity index (χ0) is 20.4. The third-order valence-corrected chi connectivity index (χ3v) is 8.25. The molecule has 154 valence electrons. The average Bonchev–Trinajstić information content (AvgIpc) is 3.43. The number of carbonyl (C=O) groups excluding carboxylic acids is 2. The van der Waals surface area contributed by atoms with Crippen LogP contribution in [0.15, 0.2) is 35.2 Å². The lowest BCUT2D eigenvalue weighted by molar-refractivity contribution is -0.119. The molecule has 2 aromatic rings. The van der Waals surface area contributed by atoms with Crippen molar-refractivity contribution in [3.63, 3.8) is 0 Å². The molecule has 1 aliphatic heterocycles. The van der Waals surface area contributed by atoms with Gasteiger partial charge in [0.1, 0.15) is 4.88 Å². The number of nitrogens with zero attached hydrogens (tertiary/aromatic N) is 1. The van der Waals surface area contributed by atoms with E-state index in [4.69, 9.17) is 4.74 Å². The Labute approximate surface area is 173 Å². The Morgan fingerprint density at radius 2 is 1.79 bits per heavy atom. The van der Waals surface area contributed by atoms with Crippen LogP contribution in [0.25, 0.3) is 0 Å². The number of thiophene rings is 1. The summed E-state index contributed by atoms with van der Waals surface area (Å²) in [6, 6.07) is 7.87. The molecule has 1 fully saturated rings. The topological polar surface area (TPSA) is 92.8 Å². The fraction of sp³-hybridized carbons (Fsp3) is 0.400. The van der Waals surface area contributed by atoms with E-state index in [1.165, 1.54) is 50.3 Å². The molecule has 9 heteroatoms. The number of rotatable bonds is 6. The van der Waals surface area contributed by atoms with E-state index >= 15 is 0 Å². The number of esters is 1. The maximum absolute atomic E-state index is 12.5. The number of benzene rings is 1. The zero-order valence-electron chi connectivity index (χ0n) is 15.8. The summed E-state index contributed by atoms with van der Waals surface area (Å²) in [5.74, 6) is -0.968. The molecule has 0 unspecified atom stereocenters. The Bertz CT molecular complexity index is 1000. The number of ether oxygens (including phenoxy) is 1. The molecule has 29 heavy (non-hydrogen) atoms. The van der Waals surface area contributed by atoms with Crippen molar-refractivity contribution >= 4 is 38.9 Å². The number of anilines is 1. The molecule has 2 aliphatic rings. The summed E-state index contributed by atoms with van der Waals surface area (Å²) in [7, 11) is -3.48. The van der Waals surface area contributed by atoms with E-state index < -0.39 is 28.5 Å². The molecule has 0 bridgehead atoms. The van der Waals surface area contributed by atoms with E-state index in [2.05, 4.69) is 5.32 Å². The van der Waals surface area contributed by atoms with Gasteiger partial charge in [0.2, 0.25) is 10.0 Å². The Morgan fingerprint density at radius 3 is 2.48 bits per heavy atom. The van der Waals surface area contributed by atoms with Gasteiger partial charge in [-0.3, -0.25) is 4.79 Å². The third kappa shape index (κ3) is 4.36. The normalized spacial score (nSPS) is 16.6. The second-order valence-corrected chi connectivity index (χ2v) is 10.2. The van der Waals surface area contributed by atoms with Gasteiger partial charge in [-0.25, -0.2) is 13.2 Å². The number of sulfonamides is 1. The van der Waals surface area contributed by atoms with Crippen LogP contribution in [0.4, 0.5) is 5.69 Å². The molecule has 0 spiro atoms. The average molecular weight is 435 g/mol. The minimum Gasteiger partial charge on any atom is -0.451 e. The summed E-state index contributed by atoms with van der Waals surface area (Å²) in [5, 5.41) is 2.61. The van der Waals surface area contributed by atoms with E-state index in [1.807, 2.05) is 6.07 Å². The fourth-order valence-corrected chi connectivity index (χ4v) is 6.28. The van der Waals surface area contributed by atoms with Gasteiger partial charge in [0.25, 0.3) is 5.91 Å². The third-order valence-electron chi connectivity index (χ3n) is 5.12. The van der Waals surface area contributed by atoms with Gasteiger partial charge in [0.05, 0.1) is 4.90 Å². The molecule has 1 saturated heterocycles. The highest BCUT2D eigenvalue weighted by Crippen LogP contribution is 2.31. The lowest BCUT2D eigenvalue weighted by Gasteiger charge is -2.15. The molecule has 7 nitrogen and oxygen atoms in total. The number of hydrogen-bond donors (Lipinski definition) is 1. The van der Waals surface area contributed by atoms with Crippen LogP contribution in [0.1, 0.15) is 39.4 Å². The maximum atomic E-state index is 12.5. The Balaban J connectivity index is 1.30. The van der Waals surface area contributed by atoms with E-state index in [0.717, 1.165) is 32.1 Å². The summed E-state index contributed by atoms with van der Waals surface area (Å²) in [6.07, 6.45) is 4.86. The van der Waals surface area contributed by atoms with Gasteiger partial charge >= 0.3 is 5.97 Å². The molecule has 2 heterocycles. The van der Waals surface area contributed by atoms with Gasteiger partial charge in [0, 0.05) is 23.7 Å². The van der Waals surface area contributed by atoms with Gasteiger partial charge in [-0.1, -0.05) is 0 Å². The van der Waals surface area contributed by atoms with Crippen molar-refractivity contribution in [2.45, 2.75) is 37.0 Å². The highest BCUT2D eigenvalue weighted by Gasteiger charge is 2.27. The molecule has 4 rings (SSSR count). The lowest BCUT2D eigenvalue weighted by Crippen LogP contribution is -2.27. The molecular weight excluding hydrogens is 412 g/mol. The van der Waals surface area contributed by atoms with Crippen molar-refractivity contribution in [1.82, 2.24) is 4.31 Å². The van der Waals surface area contributed by atoms with Crippen molar-refractivity contribution in [1.29, 1.82) is 0 Å². The minimum atomic E-state index is -3.48. The molecule has 1 aromatic heterocycles. The smallest absolute Gasteiger partial charge is 0.348 e. The SMILES string of the molecule is O=C(COC(=O)c1cc2c(s1)CCC2)Nc1ccc(S(=O)(=O)N2CCCC2)cc1. The van der Waals surface area contributed by atoms with Crippen molar-refractivity contribution in [3.05, 3.63) is 45.6 Å². The van der Waals surface area contributed by atoms with Crippen LogP contribution < -0.4 is 5.32 Å². The molecule has 0 radical (unpaired) electrons. The first-order chi connectivity index (χ1) is 13.9. The number of aryl methyl sites for hydroxylation is 2.